The lowest BCUT2D eigenvalue weighted by Gasteiger charge is -2.24. The predicted molar refractivity (Wildman–Crippen MR) is 107 cm³/mol. The molecule has 0 N–H and O–H groups in total. The molecule has 26 heavy (non-hydrogen) atoms. The topological polar surface area (TPSA) is 29.5 Å². The van der Waals surface area contributed by atoms with Gasteiger partial charge in [0.05, 0.1) is 5.75 Å². The third-order valence-corrected chi connectivity index (χ3v) is 5.58. The first kappa shape index (κ1) is 17.0. The van der Waals surface area contributed by atoms with Crippen LogP contribution in [-0.4, -0.2) is 11.7 Å². The van der Waals surface area contributed by atoms with Gasteiger partial charge < -0.3 is 4.74 Å². The van der Waals surface area contributed by atoms with Crippen LogP contribution in [0.3, 0.4) is 0 Å². The smallest absolute Gasteiger partial charge is 0.238 e. The van der Waals surface area contributed by atoms with Crippen LogP contribution in [0.15, 0.2) is 78.9 Å². The van der Waals surface area contributed by atoms with Crippen LogP contribution in [0.2, 0.25) is 5.02 Å². The second-order valence-electron chi connectivity index (χ2n) is 5.89. The lowest BCUT2D eigenvalue weighted by molar-refractivity contribution is -0.115. The molecule has 1 atom stereocenters. The van der Waals surface area contributed by atoms with Gasteiger partial charge in [-0.2, -0.15) is 0 Å². The van der Waals surface area contributed by atoms with E-state index in [1.165, 1.54) is 0 Å². The molecule has 3 aromatic rings. The van der Waals surface area contributed by atoms with Crippen LogP contribution in [0.4, 0.5) is 5.69 Å². The summed E-state index contributed by atoms with van der Waals surface area (Å²) in [4.78, 5) is 14.3. The number of rotatable bonds is 4. The van der Waals surface area contributed by atoms with Gasteiger partial charge in [0.15, 0.2) is 0 Å². The van der Waals surface area contributed by atoms with Crippen LogP contribution in [0.5, 0.6) is 11.5 Å². The highest BCUT2D eigenvalue weighted by Gasteiger charge is 2.33. The highest BCUT2D eigenvalue weighted by Crippen LogP contribution is 2.42. The molecule has 0 aromatic heterocycles. The van der Waals surface area contributed by atoms with Crippen LogP contribution < -0.4 is 9.64 Å². The first-order valence-electron chi connectivity index (χ1n) is 8.23. The molecule has 0 bridgehead atoms. The lowest BCUT2D eigenvalue weighted by atomic mass is 10.2. The minimum absolute atomic E-state index is 0.0411. The zero-order valence-corrected chi connectivity index (χ0v) is 15.4. The van der Waals surface area contributed by atoms with E-state index in [0.717, 1.165) is 22.7 Å². The Morgan fingerprint density at radius 3 is 2.23 bits per heavy atom. The lowest BCUT2D eigenvalue weighted by Crippen LogP contribution is -2.27. The van der Waals surface area contributed by atoms with Crippen LogP contribution in [0, 0.1) is 0 Å². The van der Waals surface area contributed by atoms with Crippen molar-refractivity contribution in [3.05, 3.63) is 89.4 Å². The molecule has 1 unspecified atom stereocenters. The molecule has 3 aromatic carbocycles. The number of hydrogen-bond acceptors (Lipinski definition) is 3. The molecule has 1 aliphatic rings. The number of halogens is 1. The summed E-state index contributed by atoms with van der Waals surface area (Å²) in [6.07, 6.45) is 0. The maximum absolute atomic E-state index is 12.4. The minimum atomic E-state index is -0.0411. The van der Waals surface area contributed by atoms with Crippen molar-refractivity contribution >= 4 is 35.0 Å². The fraction of sp³-hybridized carbons (Fsp3) is 0.0952. The number of amides is 1. The Morgan fingerprint density at radius 1 is 0.885 bits per heavy atom. The van der Waals surface area contributed by atoms with Crippen molar-refractivity contribution < 1.29 is 9.53 Å². The fourth-order valence-electron chi connectivity index (χ4n) is 2.88. The van der Waals surface area contributed by atoms with E-state index < -0.39 is 0 Å². The molecule has 5 heteroatoms. The number of anilines is 1. The number of carbonyl (C=O) groups is 1. The average Bonchev–Trinajstić information content (AvgIpc) is 3.05. The van der Waals surface area contributed by atoms with E-state index in [4.69, 9.17) is 16.3 Å². The zero-order chi connectivity index (χ0) is 17.9. The number of hydrogen-bond donors (Lipinski definition) is 0. The highest BCUT2D eigenvalue weighted by atomic mass is 35.5. The molecule has 0 saturated carbocycles. The second-order valence-corrected chi connectivity index (χ2v) is 7.39. The van der Waals surface area contributed by atoms with Crippen molar-refractivity contribution in [3.8, 4) is 11.5 Å². The Balaban J connectivity index is 1.56. The van der Waals surface area contributed by atoms with Gasteiger partial charge in [-0.25, -0.2) is 0 Å². The van der Waals surface area contributed by atoms with E-state index in [1.807, 2.05) is 83.8 Å². The summed E-state index contributed by atoms with van der Waals surface area (Å²) >= 11 is 7.60. The monoisotopic (exact) mass is 381 g/mol. The zero-order valence-electron chi connectivity index (χ0n) is 13.8. The Morgan fingerprint density at radius 2 is 1.54 bits per heavy atom. The number of para-hydroxylation sites is 1. The van der Waals surface area contributed by atoms with Gasteiger partial charge in [-0.1, -0.05) is 41.9 Å². The summed E-state index contributed by atoms with van der Waals surface area (Å²) in [6.45, 7) is 0. The van der Waals surface area contributed by atoms with Gasteiger partial charge >= 0.3 is 0 Å². The molecule has 1 amide bonds. The molecule has 130 valence electrons. The predicted octanol–water partition coefficient (Wildman–Crippen LogP) is 5.91. The first-order chi connectivity index (χ1) is 12.7. The summed E-state index contributed by atoms with van der Waals surface area (Å²) in [5.74, 6) is 2.09. The van der Waals surface area contributed by atoms with E-state index >= 15 is 0 Å². The van der Waals surface area contributed by atoms with Gasteiger partial charge in [-0.15, -0.1) is 11.8 Å². The summed E-state index contributed by atoms with van der Waals surface area (Å²) in [6, 6.07) is 24.9. The van der Waals surface area contributed by atoms with Crippen molar-refractivity contribution in [2.45, 2.75) is 5.37 Å². The average molecular weight is 382 g/mol. The summed E-state index contributed by atoms with van der Waals surface area (Å²) in [5.41, 5.74) is 1.93. The normalized spacial score (nSPS) is 16.7. The number of carbonyl (C=O) groups excluding carboxylic acids is 1. The van der Waals surface area contributed by atoms with E-state index in [1.54, 1.807) is 11.8 Å². The molecular formula is C21H16ClNO2S. The highest BCUT2D eigenvalue weighted by molar-refractivity contribution is 8.00. The minimum Gasteiger partial charge on any atom is -0.457 e. The summed E-state index contributed by atoms with van der Waals surface area (Å²) in [5, 5.41) is 0.651. The SMILES string of the molecule is O=C1CSC(c2ccc(Cl)cc2)N1c1ccc(Oc2ccccc2)cc1. The molecule has 3 nitrogen and oxygen atoms in total. The van der Waals surface area contributed by atoms with Gasteiger partial charge in [0, 0.05) is 10.7 Å². The van der Waals surface area contributed by atoms with Crippen LogP contribution in [0.25, 0.3) is 0 Å². The molecule has 1 fully saturated rings. The van der Waals surface area contributed by atoms with Crippen LogP contribution in [-0.2, 0) is 4.79 Å². The maximum atomic E-state index is 12.4. The summed E-state index contributed by atoms with van der Waals surface area (Å²) in [7, 11) is 0. The Kier molecular flexibility index (Phi) is 4.87. The molecule has 1 saturated heterocycles. The van der Waals surface area contributed by atoms with E-state index in [2.05, 4.69) is 0 Å². The molecule has 0 radical (unpaired) electrons. The third kappa shape index (κ3) is 3.57. The van der Waals surface area contributed by atoms with E-state index in [9.17, 15) is 4.79 Å². The number of thioether (sulfide) groups is 1. The Labute approximate surface area is 161 Å². The Bertz CT molecular complexity index is 898. The van der Waals surface area contributed by atoms with Crippen molar-refractivity contribution in [2.75, 3.05) is 10.7 Å². The fourth-order valence-corrected chi connectivity index (χ4v) is 4.18. The summed E-state index contributed by atoms with van der Waals surface area (Å²) < 4.78 is 5.82. The number of nitrogens with zero attached hydrogens (tertiary/aromatic N) is 1. The molecule has 1 aliphatic heterocycles. The van der Waals surface area contributed by atoms with E-state index in [0.29, 0.717) is 10.8 Å². The number of benzene rings is 3. The Hall–Kier alpha value is -2.43. The number of ether oxygens (including phenoxy) is 1. The van der Waals surface area contributed by atoms with Gasteiger partial charge in [-0.05, 0) is 54.1 Å². The van der Waals surface area contributed by atoms with Crippen LogP contribution in [0.1, 0.15) is 10.9 Å². The third-order valence-electron chi connectivity index (χ3n) is 4.12. The standard InChI is InChI=1S/C21H16ClNO2S/c22-16-8-6-15(7-9-16)21-23(20(24)14-26-21)17-10-12-19(13-11-17)25-18-4-2-1-3-5-18/h1-13,21H,14H2. The molecule has 0 spiro atoms. The quantitative estimate of drug-likeness (QED) is 0.562. The van der Waals surface area contributed by atoms with Gasteiger partial charge in [0.2, 0.25) is 5.91 Å². The largest absolute Gasteiger partial charge is 0.457 e. The molecule has 1 heterocycles. The van der Waals surface area contributed by atoms with Crippen molar-refractivity contribution in [1.29, 1.82) is 0 Å². The van der Waals surface area contributed by atoms with Gasteiger partial charge in [0.25, 0.3) is 0 Å². The van der Waals surface area contributed by atoms with Crippen molar-refractivity contribution in [2.24, 2.45) is 0 Å². The maximum Gasteiger partial charge on any atom is 0.238 e. The molecular weight excluding hydrogens is 366 g/mol. The van der Waals surface area contributed by atoms with Gasteiger partial charge in [-0.3, -0.25) is 9.69 Å². The van der Waals surface area contributed by atoms with Gasteiger partial charge in [0.1, 0.15) is 16.9 Å². The van der Waals surface area contributed by atoms with E-state index in [-0.39, 0.29) is 11.3 Å². The van der Waals surface area contributed by atoms with Crippen molar-refractivity contribution in [1.82, 2.24) is 0 Å². The van der Waals surface area contributed by atoms with Crippen LogP contribution >= 0.6 is 23.4 Å². The van der Waals surface area contributed by atoms with Crippen molar-refractivity contribution in [3.63, 3.8) is 0 Å². The second kappa shape index (κ2) is 7.44. The molecule has 0 aliphatic carbocycles. The first-order valence-corrected chi connectivity index (χ1v) is 9.65. The molecule has 4 rings (SSSR count).